The zero-order chi connectivity index (χ0) is 18.2. The van der Waals surface area contributed by atoms with Gasteiger partial charge in [0.15, 0.2) is 0 Å². The molecule has 3 rings (SSSR count). The predicted octanol–water partition coefficient (Wildman–Crippen LogP) is 7.90. The number of nitriles is 1. The summed E-state index contributed by atoms with van der Waals surface area (Å²) in [4.78, 5) is 0. The maximum atomic E-state index is 9.11. The van der Waals surface area contributed by atoms with Crippen LogP contribution >= 0.6 is 0 Å². The molecule has 0 aromatic heterocycles. The molecule has 0 heterocycles. The van der Waals surface area contributed by atoms with E-state index in [4.69, 9.17) is 5.26 Å². The first-order valence-electron chi connectivity index (χ1n) is 12.2. The second-order valence-corrected chi connectivity index (χ2v) is 10.0. The summed E-state index contributed by atoms with van der Waals surface area (Å²) in [6, 6.07) is 2.50. The molecule has 148 valence electrons. The predicted molar refractivity (Wildman–Crippen MR) is 111 cm³/mol. The first kappa shape index (κ1) is 20.2. The SMILES string of the molecule is CCCCCCC1CCC(C2CCC(C3CCC(C#N)CC3)CC2)CC1. The minimum atomic E-state index is 0.375. The zero-order valence-electron chi connectivity index (χ0n) is 17.4. The molecule has 3 saturated carbocycles. The molecule has 0 unspecified atom stereocenters. The summed E-state index contributed by atoms with van der Waals surface area (Å²) in [6.07, 6.45) is 24.6. The van der Waals surface area contributed by atoms with Gasteiger partial charge < -0.3 is 0 Å². The van der Waals surface area contributed by atoms with Crippen LogP contribution in [0.5, 0.6) is 0 Å². The Bertz CT molecular complexity index is 412. The van der Waals surface area contributed by atoms with Crippen LogP contribution in [0.1, 0.15) is 116 Å². The van der Waals surface area contributed by atoms with Crippen molar-refractivity contribution in [3.8, 4) is 6.07 Å². The first-order chi connectivity index (χ1) is 12.8. The van der Waals surface area contributed by atoms with E-state index in [0.717, 1.165) is 29.6 Å². The lowest BCUT2D eigenvalue weighted by Crippen LogP contribution is -2.29. The van der Waals surface area contributed by atoms with Gasteiger partial charge in [0, 0.05) is 5.92 Å². The molecule has 0 saturated heterocycles. The Morgan fingerprint density at radius 3 is 1.54 bits per heavy atom. The molecule has 3 aliphatic carbocycles. The quantitative estimate of drug-likeness (QED) is 0.425. The molecular weight excluding hydrogens is 314 g/mol. The first-order valence-corrected chi connectivity index (χ1v) is 12.2. The molecule has 0 atom stereocenters. The molecule has 26 heavy (non-hydrogen) atoms. The lowest BCUT2D eigenvalue weighted by molar-refractivity contribution is 0.107. The smallest absolute Gasteiger partial charge is 0.0655 e. The monoisotopic (exact) mass is 357 g/mol. The summed E-state index contributed by atoms with van der Waals surface area (Å²) in [5.41, 5.74) is 0. The standard InChI is InChI=1S/C25H43N/c1-2-3-4-5-6-20-7-11-22(12-8-20)24-15-17-25(18-16-24)23-13-9-21(19-26)10-14-23/h20-25H,2-18H2,1H3. The molecule has 0 spiro atoms. The zero-order valence-corrected chi connectivity index (χ0v) is 17.4. The van der Waals surface area contributed by atoms with Gasteiger partial charge in [-0.2, -0.15) is 5.26 Å². The van der Waals surface area contributed by atoms with E-state index in [1.54, 1.807) is 12.8 Å². The van der Waals surface area contributed by atoms with Crippen LogP contribution in [-0.2, 0) is 0 Å². The van der Waals surface area contributed by atoms with E-state index in [0.29, 0.717) is 5.92 Å². The summed E-state index contributed by atoms with van der Waals surface area (Å²) in [5.74, 6) is 5.52. The van der Waals surface area contributed by atoms with Gasteiger partial charge >= 0.3 is 0 Å². The Morgan fingerprint density at radius 1 is 0.615 bits per heavy atom. The van der Waals surface area contributed by atoms with Crippen LogP contribution in [-0.4, -0.2) is 0 Å². The van der Waals surface area contributed by atoms with Gasteiger partial charge in [0.05, 0.1) is 6.07 Å². The van der Waals surface area contributed by atoms with Crippen LogP contribution < -0.4 is 0 Å². The molecule has 0 bridgehead atoms. The van der Waals surface area contributed by atoms with Crippen molar-refractivity contribution in [2.24, 2.45) is 35.5 Å². The van der Waals surface area contributed by atoms with Crippen molar-refractivity contribution in [3.63, 3.8) is 0 Å². The molecule has 3 aliphatic rings. The van der Waals surface area contributed by atoms with Crippen molar-refractivity contribution in [1.29, 1.82) is 5.26 Å². The van der Waals surface area contributed by atoms with Gasteiger partial charge in [0.1, 0.15) is 0 Å². The van der Waals surface area contributed by atoms with Crippen molar-refractivity contribution in [3.05, 3.63) is 0 Å². The van der Waals surface area contributed by atoms with Gasteiger partial charge in [-0.05, 0) is 93.8 Å². The van der Waals surface area contributed by atoms with Gasteiger partial charge in [-0.15, -0.1) is 0 Å². The summed E-state index contributed by atoms with van der Waals surface area (Å²) in [5, 5.41) is 9.11. The van der Waals surface area contributed by atoms with Crippen molar-refractivity contribution >= 4 is 0 Å². The Morgan fingerprint density at radius 2 is 1.08 bits per heavy atom. The Kier molecular flexibility index (Phi) is 8.35. The Hall–Kier alpha value is -0.510. The summed E-state index contributed by atoms with van der Waals surface area (Å²) in [6.45, 7) is 2.32. The third kappa shape index (κ3) is 5.74. The molecule has 0 N–H and O–H groups in total. The Labute approximate surface area is 163 Å². The van der Waals surface area contributed by atoms with Gasteiger partial charge in [-0.1, -0.05) is 51.9 Å². The average Bonchev–Trinajstić information content (AvgIpc) is 2.72. The van der Waals surface area contributed by atoms with Crippen molar-refractivity contribution in [2.75, 3.05) is 0 Å². The van der Waals surface area contributed by atoms with E-state index in [-0.39, 0.29) is 0 Å². The van der Waals surface area contributed by atoms with E-state index >= 15 is 0 Å². The summed E-state index contributed by atoms with van der Waals surface area (Å²) >= 11 is 0. The second-order valence-electron chi connectivity index (χ2n) is 10.0. The molecule has 0 aromatic carbocycles. The van der Waals surface area contributed by atoms with E-state index in [1.807, 2.05) is 0 Å². The fraction of sp³-hybridized carbons (Fsp3) is 0.960. The average molecular weight is 358 g/mol. The van der Waals surface area contributed by atoms with Crippen LogP contribution in [0.3, 0.4) is 0 Å². The lowest BCUT2D eigenvalue weighted by atomic mass is 9.65. The number of hydrogen-bond acceptors (Lipinski definition) is 1. The van der Waals surface area contributed by atoms with E-state index < -0.39 is 0 Å². The maximum absolute atomic E-state index is 9.11. The molecule has 0 aliphatic heterocycles. The molecule has 0 amide bonds. The fourth-order valence-electron chi connectivity index (χ4n) is 6.62. The lowest BCUT2D eigenvalue weighted by Gasteiger charge is -2.41. The van der Waals surface area contributed by atoms with Gasteiger partial charge in [0.25, 0.3) is 0 Å². The van der Waals surface area contributed by atoms with Crippen LogP contribution in [0.2, 0.25) is 0 Å². The largest absolute Gasteiger partial charge is 0.198 e. The van der Waals surface area contributed by atoms with Crippen LogP contribution in [0.4, 0.5) is 0 Å². The van der Waals surface area contributed by atoms with E-state index in [2.05, 4.69) is 13.0 Å². The maximum Gasteiger partial charge on any atom is 0.0655 e. The van der Waals surface area contributed by atoms with Gasteiger partial charge in [-0.25, -0.2) is 0 Å². The molecule has 1 heteroatoms. The number of rotatable bonds is 7. The summed E-state index contributed by atoms with van der Waals surface area (Å²) in [7, 11) is 0. The van der Waals surface area contributed by atoms with Gasteiger partial charge in [0.2, 0.25) is 0 Å². The summed E-state index contributed by atoms with van der Waals surface area (Å²) < 4.78 is 0. The van der Waals surface area contributed by atoms with E-state index in [1.165, 1.54) is 96.3 Å². The number of unbranched alkanes of at least 4 members (excludes halogenated alkanes) is 3. The second kappa shape index (κ2) is 10.7. The number of hydrogen-bond donors (Lipinski definition) is 0. The van der Waals surface area contributed by atoms with E-state index in [9.17, 15) is 0 Å². The Balaban J connectivity index is 1.31. The third-order valence-corrected chi connectivity index (χ3v) is 8.46. The van der Waals surface area contributed by atoms with Crippen molar-refractivity contribution in [2.45, 2.75) is 116 Å². The van der Waals surface area contributed by atoms with Crippen LogP contribution in [0.15, 0.2) is 0 Å². The van der Waals surface area contributed by atoms with Crippen molar-refractivity contribution < 1.29 is 0 Å². The highest BCUT2D eigenvalue weighted by molar-refractivity contribution is 4.90. The topological polar surface area (TPSA) is 23.8 Å². The highest BCUT2D eigenvalue weighted by Gasteiger charge is 2.34. The minimum absolute atomic E-state index is 0.375. The molecule has 0 aromatic rings. The van der Waals surface area contributed by atoms with Crippen molar-refractivity contribution in [1.82, 2.24) is 0 Å². The highest BCUT2D eigenvalue weighted by atomic mass is 14.4. The number of nitrogens with zero attached hydrogens (tertiary/aromatic N) is 1. The normalized spacial score (nSPS) is 38.6. The molecular formula is C25H43N. The molecule has 1 nitrogen and oxygen atoms in total. The molecule has 3 fully saturated rings. The van der Waals surface area contributed by atoms with Crippen LogP contribution in [0.25, 0.3) is 0 Å². The molecule has 0 radical (unpaired) electrons. The highest BCUT2D eigenvalue weighted by Crippen LogP contribution is 2.46. The minimum Gasteiger partial charge on any atom is -0.198 e. The third-order valence-electron chi connectivity index (χ3n) is 8.46. The van der Waals surface area contributed by atoms with Gasteiger partial charge in [-0.3, -0.25) is 0 Å². The fourth-order valence-corrected chi connectivity index (χ4v) is 6.62. The van der Waals surface area contributed by atoms with Crippen LogP contribution in [0, 0.1) is 46.8 Å².